The molecule has 18 heavy (non-hydrogen) atoms. The summed E-state index contributed by atoms with van der Waals surface area (Å²) in [7, 11) is 6.48. The third-order valence-electron chi connectivity index (χ3n) is 3.70. The number of ether oxygens (including phenoxy) is 1. The maximum atomic E-state index is 5.60. The predicted molar refractivity (Wildman–Crippen MR) is 77.1 cm³/mol. The summed E-state index contributed by atoms with van der Waals surface area (Å²) in [4.78, 5) is 4.68. The highest BCUT2D eigenvalue weighted by Gasteiger charge is 2.15. The van der Waals surface area contributed by atoms with Crippen LogP contribution in [0, 0.1) is 0 Å². The third kappa shape index (κ3) is 6.69. The number of hydrogen-bond acceptors (Lipinski definition) is 4. The van der Waals surface area contributed by atoms with Crippen molar-refractivity contribution in [3.05, 3.63) is 0 Å². The van der Waals surface area contributed by atoms with Gasteiger partial charge in [0.25, 0.3) is 0 Å². The van der Waals surface area contributed by atoms with Gasteiger partial charge >= 0.3 is 0 Å². The van der Waals surface area contributed by atoms with Gasteiger partial charge < -0.3 is 19.9 Å². The summed E-state index contributed by atoms with van der Waals surface area (Å²) < 4.78 is 5.60. The third-order valence-corrected chi connectivity index (χ3v) is 3.70. The largest absolute Gasteiger partial charge is 0.377 e. The molecule has 0 radical (unpaired) electrons. The van der Waals surface area contributed by atoms with E-state index in [1.54, 1.807) is 0 Å². The van der Waals surface area contributed by atoms with E-state index in [2.05, 4.69) is 43.2 Å². The zero-order valence-corrected chi connectivity index (χ0v) is 12.6. The molecule has 1 N–H and O–H groups in total. The summed E-state index contributed by atoms with van der Waals surface area (Å²) in [5, 5.41) is 3.53. The van der Waals surface area contributed by atoms with Gasteiger partial charge in [-0.2, -0.15) is 0 Å². The maximum Gasteiger partial charge on any atom is 0.0700 e. The van der Waals surface area contributed by atoms with Gasteiger partial charge in [0.15, 0.2) is 0 Å². The van der Waals surface area contributed by atoms with Gasteiger partial charge in [-0.25, -0.2) is 0 Å². The monoisotopic (exact) mass is 257 g/mol. The fourth-order valence-corrected chi connectivity index (χ4v) is 2.27. The fourth-order valence-electron chi connectivity index (χ4n) is 2.27. The molecule has 0 amide bonds. The van der Waals surface area contributed by atoms with Crippen molar-refractivity contribution in [2.24, 2.45) is 0 Å². The molecule has 0 aromatic heterocycles. The minimum atomic E-state index is 0.455. The SMILES string of the molecule is CC(CNCC1CCCO1)N(C)CCCN(C)C. The van der Waals surface area contributed by atoms with E-state index in [0.717, 1.165) is 19.7 Å². The van der Waals surface area contributed by atoms with E-state index >= 15 is 0 Å². The van der Waals surface area contributed by atoms with Crippen molar-refractivity contribution in [3.8, 4) is 0 Å². The molecule has 4 nitrogen and oxygen atoms in total. The summed E-state index contributed by atoms with van der Waals surface area (Å²) in [6.07, 6.45) is 4.14. The van der Waals surface area contributed by atoms with E-state index in [1.807, 2.05) is 0 Å². The molecule has 4 heteroatoms. The molecule has 1 fully saturated rings. The van der Waals surface area contributed by atoms with Gasteiger partial charge in [0.2, 0.25) is 0 Å². The van der Waals surface area contributed by atoms with Gasteiger partial charge in [0, 0.05) is 25.7 Å². The number of nitrogens with one attached hydrogen (secondary N) is 1. The highest BCUT2D eigenvalue weighted by atomic mass is 16.5. The maximum absolute atomic E-state index is 5.60. The Hall–Kier alpha value is -0.160. The van der Waals surface area contributed by atoms with Crippen LogP contribution in [0.1, 0.15) is 26.2 Å². The second kappa shape index (κ2) is 8.86. The van der Waals surface area contributed by atoms with Crippen molar-refractivity contribution in [2.75, 3.05) is 53.9 Å². The van der Waals surface area contributed by atoms with E-state index in [0.29, 0.717) is 12.1 Å². The van der Waals surface area contributed by atoms with Gasteiger partial charge in [-0.3, -0.25) is 0 Å². The van der Waals surface area contributed by atoms with Crippen LogP contribution in [0.2, 0.25) is 0 Å². The van der Waals surface area contributed by atoms with Crippen LogP contribution < -0.4 is 5.32 Å². The lowest BCUT2D eigenvalue weighted by Gasteiger charge is -2.26. The van der Waals surface area contributed by atoms with Crippen LogP contribution in [0.3, 0.4) is 0 Å². The van der Waals surface area contributed by atoms with Crippen molar-refractivity contribution in [2.45, 2.75) is 38.3 Å². The first-order valence-electron chi connectivity index (χ1n) is 7.27. The van der Waals surface area contributed by atoms with Crippen LogP contribution in [-0.4, -0.2) is 75.9 Å². The molecule has 0 spiro atoms. The summed E-state index contributed by atoms with van der Waals surface area (Å²) in [5.41, 5.74) is 0. The number of hydrogen-bond donors (Lipinski definition) is 1. The van der Waals surface area contributed by atoms with Gasteiger partial charge in [-0.15, -0.1) is 0 Å². The van der Waals surface area contributed by atoms with Crippen LogP contribution in [0.4, 0.5) is 0 Å². The van der Waals surface area contributed by atoms with Gasteiger partial charge in [0.1, 0.15) is 0 Å². The smallest absolute Gasteiger partial charge is 0.0700 e. The Kier molecular flexibility index (Phi) is 7.82. The molecule has 0 aliphatic carbocycles. The summed E-state index contributed by atoms with van der Waals surface area (Å²) in [6.45, 7) is 7.64. The normalized spacial score (nSPS) is 22.0. The first-order valence-corrected chi connectivity index (χ1v) is 7.27. The predicted octanol–water partition coefficient (Wildman–Crippen LogP) is 1.03. The molecule has 0 saturated carbocycles. The molecule has 1 aliphatic rings. The van der Waals surface area contributed by atoms with E-state index in [4.69, 9.17) is 4.74 Å². The minimum Gasteiger partial charge on any atom is -0.377 e. The van der Waals surface area contributed by atoms with Crippen LogP contribution in [0.25, 0.3) is 0 Å². The molecule has 108 valence electrons. The average molecular weight is 257 g/mol. The second-order valence-corrected chi connectivity index (χ2v) is 5.78. The van der Waals surface area contributed by atoms with Crippen LogP contribution in [-0.2, 0) is 4.74 Å². The molecule has 2 unspecified atom stereocenters. The fraction of sp³-hybridized carbons (Fsp3) is 1.00. The van der Waals surface area contributed by atoms with Gasteiger partial charge in [-0.05, 0) is 60.4 Å². The molecule has 1 aliphatic heterocycles. The number of rotatable bonds is 9. The van der Waals surface area contributed by atoms with Gasteiger partial charge in [-0.1, -0.05) is 0 Å². The Balaban J connectivity index is 2.01. The Morgan fingerprint density at radius 2 is 2.06 bits per heavy atom. The highest BCUT2D eigenvalue weighted by Crippen LogP contribution is 2.10. The van der Waals surface area contributed by atoms with E-state index in [1.165, 1.54) is 32.4 Å². The van der Waals surface area contributed by atoms with E-state index < -0.39 is 0 Å². The second-order valence-electron chi connectivity index (χ2n) is 5.78. The van der Waals surface area contributed by atoms with Crippen LogP contribution in [0.15, 0.2) is 0 Å². The van der Waals surface area contributed by atoms with Gasteiger partial charge in [0.05, 0.1) is 6.10 Å². The lowest BCUT2D eigenvalue weighted by molar-refractivity contribution is 0.108. The molecular formula is C14H31N3O. The molecule has 1 saturated heterocycles. The molecule has 0 bridgehead atoms. The Labute approximate surface area is 113 Å². The van der Waals surface area contributed by atoms with Crippen LogP contribution >= 0.6 is 0 Å². The topological polar surface area (TPSA) is 27.7 Å². The summed E-state index contributed by atoms with van der Waals surface area (Å²) >= 11 is 0. The van der Waals surface area contributed by atoms with E-state index in [-0.39, 0.29) is 0 Å². The lowest BCUT2D eigenvalue weighted by atomic mass is 10.2. The molecule has 0 aromatic carbocycles. The zero-order chi connectivity index (χ0) is 13.4. The molecule has 1 rings (SSSR count). The molecule has 2 atom stereocenters. The Morgan fingerprint density at radius 3 is 2.67 bits per heavy atom. The highest BCUT2D eigenvalue weighted by molar-refractivity contribution is 4.71. The van der Waals surface area contributed by atoms with Crippen molar-refractivity contribution in [3.63, 3.8) is 0 Å². The summed E-state index contributed by atoms with van der Waals surface area (Å²) in [6, 6.07) is 0.591. The number of nitrogens with zero attached hydrogens (tertiary/aromatic N) is 2. The number of likely N-dealkylation sites (N-methyl/N-ethyl adjacent to an activating group) is 1. The van der Waals surface area contributed by atoms with Crippen molar-refractivity contribution in [1.82, 2.24) is 15.1 Å². The first-order chi connectivity index (χ1) is 8.59. The van der Waals surface area contributed by atoms with E-state index in [9.17, 15) is 0 Å². The standard InChI is InChI=1S/C14H31N3O/c1-13(17(4)9-6-8-16(2)3)11-15-12-14-7-5-10-18-14/h13-15H,5-12H2,1-4H3. The van der Waals surface area contributed by atoms with Crippen molar-refractivity contribution < 1.29 is 4.74 Å². The van der Waals surface area contributed by atoms with Crippen molar-refractivity contribution >= 4 is 0 Å². The summed E-state index contributed by atoms with van der Waals surface area (Å²) in [5.74, 6) is 0. The average Bonchev–Trinajstić information content (AvgIpc) is 2.81. The Morgan fingerprint density at radius 1 is 1.28 bits per heavy atom. The minimum absolute atomic E-state index is 0.455. The first kappa shape index (κ1) is 15.9. The molecule has 1 heterocycles. The quantitative estimate of drug-likeness (QED) is 0.668. The zero-order valence-electron chi connectivity index (χ0n) is 12.6. The molecular weight excluding hydrogens is 226 g/mol. The van der Waals surface area contributed by atoms with Crippen LogP contribution in [0.5, 0.6) is 0 Å². The lowest BCUT2D eigenvalue weighted by Crippen LogP contribution is -2.41. The Bertz CT molecular complexity index is 205. The molecule has 0 aromatic rings. The van der Waals surface area contributed by atoms with Crippen molar-refractivity contribution in [1.29, 1.82) is 0 Å².